The van der Waals surface area contributed by atoms with Crippen molar-refractivity contribution in [2.45, 2.75) is 127 Å². The fraction of sp³-hybridized carbons (Fsp3) is 0.474. The smallest absolute Gasteiger partial charge is 0.412 e. The fourth-order valence-corrected chi connectivity index (χ4v) is 13.7. The van der Waals surface area contributed by atoms with E-state index < -0.39 is 6.09 Å². The number of aliphatic hydroxyl groups is 1. The maximum atomic E-state index is 12.2. The van der Waals surface area contributed by atoms with Crippen molar-refractivity contribution >= 4 is 74.1 Å². The van der Waals surface area contributed by atoms with Gasteiger partial charge < -0.3 is 79.0 Å². The number of nitrogens with zero attached hydrogens (tertiary/aromatic N) is 13. The number of anilines is 5. The average Bonchev–Trinajstić information content (AvgIpc) is 0.807. The number of amides is 2. The minimum Gasteiger partial charge on any atom is -0.488 e. The van der Waals surface area contributed by atoms with E-state index in [2.05, 4.69) is 122 Å². The summed E-state index contributed by atoms with van der Waals surface area (Å²) in [4.78, 5) is 75.8. The first-order valence-corrected chi connectivity index (χ1v) is 36.6. The van der Waals surface area contributed by atoms with Gasteiger partial charge in [0.1, 0.15) is 39.5 Å². The van der Waals surface area contributed by atoms with Gasteiger partial charge in [-0.1, -0.05) is 18.2 Å². The maximum absolute atomic E-state index is 12.2. The highest BCUT2D eigenvalue weighted by molar-refractivity contribution is 5.93. The molecule has 2 amide bonds. The summed E-state index contributed by atoms with van der Waals surface area (Å²) >= 11 is 0. The minimum atomic E-state index is -0.412. The number of aromatic nitrogens is 10. The first-order chi connectivity index (χ1) is 51.2. The van der Waals surface area contributed by atoms with Gasteiger partial charge in [0.15, 0.2) is 0 Å². The van der Waals surface area contributed by atoms with Crippen molar-refractivity contribution in [1.29, 1.82) is 0 Å². The monoisotopic (exact) mass is 1420 g/mol. The third-order valence-electron chi connectivity index (χ3n) is 19.3. The second kappa shape index (κ2) is 36.9. The van der Waals surface area contributed by atoms with Gasteiger partial charge in [0, 0.05) is 168 Å². The first-order valence-electron chi connectivity index (χ1n) is 36.6. The Morgan fingerprint density at radius 1 is 0.490 bits per heavy atom. The van der Waals surface area contributed by atoms with E-state index >= 15 is 0 Å². The molecule has 6 aliphatic rings. The molecular weight excluding hydrogens is 1330 g/mol. The first kappa shape index (κ1) is 72.4. The number of fused-ring (bicyclic) bond motifs is 3. The Labute approximate surface area is 604 Å². The molecule has 4 aromatic carbocycles. The number of morpholine rings is 3. The van der Waals surface area contributed by atoms with Gasteiger partial charge in [-0.15, -0.1) is 0 Å². The van der Waals surface area contributed by atoms with Crippen LogP contribution in [0.25, 0.3) is 33.1 Å². The summed E-state index contributed by atoms with van der Waals surface area (Å²) in [5.74, 6) is 3.79. The normalized spacial score (nSPS) is 20.6. The molecule has 28 nitrogen and oxygen atoms in total. The number of para-hydroxylation sites is 1. The molecule has 0 radical (unpaired) electrons. The molecule has 6 fully saturated rings. The van der Waals surface area contributed by atoms with E-state index in [0.717, 1.165) is 242 Å². The predicted octanol–water partition coefficient (Wildman–Crippen LogP) is 9.36. The average molecular weight is 1420 g/mol. The lowest BCUT2D eigenvalue weighted by atomic mass is 9.93. The summed E-state index contributed by atoms with van der Waals surface area (Å²) in [6, 6.07) is 22.3. The lowest BCUT2D eigenvalue weighted by Crippen LogP contribution is -2.41. The van der Waals surface area contributed by atoms with Crippen molar-refractivity contribution in [1.82, 2.24) is 60.5 Å². The predicted molar refractivity (Wildman–Crippen MR) is 394 cm³/mol. The van der Waals surface area contributed by atoms with Crippen molar-refractivity contribution < 1.29 is 52.6 Å². The molecule has 0 unspecified atom stereocenters. The lowest BCUT2D eigenvalue weighted by molar-refractivity contribution is 0.0943. The lowest BCUT2D eigenvalue weighted by Gasteiger charge is -2.31. The highest BCUT2D eigenvalue weighted by atomic mass is 16.6. The number of carbonyl (C=O) groups is 2. The van der Waals surface area contributed by atoms with Gasteiger partial charge in [-0.2, -0.15) is 0 Å². The number of rotatable bonds is 22. The summed E-state index contributed by atoms with van der Waals surface area (Å²) < 4.78 is 46.7. The minimum absolute atomic E-state index is 0.0679. The van der Waals surface area contributed by atoms with Gasteiger partial charge in [-0.25, -0.2) is 39.7 Å². The van der Waals surface area contributed by atoms with Gasteiger partial charge >= 0.3 is 6.09 Å². The SMILES string of the molecule is CCOCCc1cnc(NC2CCC(Oc3cc(N4CCOCC4)cc4nccnc34)CC2)nc1.O=C(NC1CCC(Oc2cc(N3CCOCC3)cc3nccnc23)CC1)Oc1ccccc1.O=C(NCCO)c1cnc(NC2CCC(Oc3cc(N4CCOCC4)cc4nccnc34)CC2)nc1. The number of nitrogens with one attached hydrogen (secondary N) is 4. The van der Waals surface area contributed by atoms with Gasteiger partial charge in [0.05, 0.1) is 93.3 Å². The van der Waals surface area contributed by atoms with E-state index in [4.69, 9.17) is 43.0 Å². The van der Waals surface area contributed by atoms with Crippen LogP contribution in [0.15, 0.2) is 129 Å². The van der Waals surface area contributed by atoms with Crippen LogP contribution in [0.5, 0.6) is 23.0 Å². The largest absolute Gasteiger partial charge is 0.488 e. The summed E-state index contributed by atoms with van der Waals surface area (Å²) in [7, 11) is 0. The van der Waals surface area contributed by atoms with Crippen LogP contribution in [0.1, 0.15) is 99.9 Å². The zero-order valence-corrected chi connectivity index (χ0v) is 58.9. The van der Waals surface area contributed by atoms with Crippen LogP contribution >= 0.6 is 0 Å². The molecule has 3 aliphatic heterocycles. The van der Waals surface area contributed by atoms with Crippen LogP contribution in [0.3, 0.4) is 0 Å². The van der Waals surface area contributed by atoms with E-state index in [1.54, 1.807) is 49.3 Å². The Hall–Kier alpha value is -10.0. The summed E-state index contributed by atoms with van der Waals surface area (Å²) in [6.07, 6.45) is 28.7. The Bertz CT molecular complexity index is 4170. The molecule has 0 spiro atoms. The summed E-state index contributed by atoms with van der Waals surface area (Å²) in [5, 5.41) is 21.2. The number of hydrogen-bond acceptors (Lipinski definition) is 26. The van der Waals surface area contributed by atoms with E-state index in [1.807, 2.05) is 37.5 Å². The Morgan fingerprint density at radius 3 is 1.29 bits per heavy atom. The van der Waals surface area contributed by atoms with Crippen LogP contribution in [0.4, 0.5) is 33.8 Å². The Balaban J connectivity index is 0.000000139. The zero-order valence-electron chi connectivity index (χ0n) is 58.9. The maximum Gasteiger partial charge on any atom is 0.412 e. The second-order valence-corrected chi connectivity index (χ2v) is 26.4. The number of ether oxygens (including phenoxy) is 8. The van der Waals surface area contributed by atoms with Crippen LogP contribution in [-0.2, 0) is 25.4 Å². The second-order valence-electron chi connectivity index (χ2n) is 26.4. The number of aliphatic hydroxyl groups excluding tert-OH is 1. The molecule has 5 N–H and O–H groups in total. The van der Waals surface area contributed by atoms with Crippen molar-refractivity contribution in [3.05, 3.63) is 140 Å². The van der Waals surface area contributed by atoms with Crippen molar-refractivity contribution in [3.8, 4) is 23.0 Å². The van der Waals surface area contributed by atoms with E-state index in [0.29, 0.717) is 35.9 Å². The van der Waals surface area contributed by atoms with Crippen LogP contribution in [-0.4, -0.2) is 209 Å². The fourth-order valence-electron chi connectivity index (χ4n) is 13.7. The molecular formula is C76H93N17O11. The van der Waals surface area contributed by atoms with Crippen molar-refractivity contribution in [2.24, 2.45) is 0 Å². The topological polar surface area (TPSA) is 315 Å². The van der Waals surface area contributed by atoms with Crippen LogP contribution in [0, 0.1) is 0 Å². The van der Waals surface area contributed by atoms with E-state index in [1.165, 1.54) is 12.4 Å². The molecule has 3 saturated heterocycles. The van der Waals surface area contributed by atoms with E-state index in [9.17, 15) is 9.59 Å². The Kier molecular flexibility index (Phi) is 25.7. The van der Waals surface area contributed by atoms with Gasteiger partial charge in [0.2, 0.25) is 11.9 Å². The van der Waals surface area contributed by atoms with E-state index in [-0.39, 0.29) is 49.5 Å². The zero-order chi connectivity index (χ0) is 71.1. The summed E-state index contributed by atoms with van der Waals surface area (Å²) in [5.41, 5.74) is 9.65. The molecule has 28 heteroatoms. The van der Waals surface area contributed by atoms with Crippen molar-refractivity contribution in [2.75, 3.05) is 131 Å². The third-order valence-corrected chi connectivity index (χ3v) is 19.3. The van der Waals surface area contributed by atoms with Crippen molar-refractivity contribution in [3.63, 3.8) is 0 Å². The molecule has 9 aromatic rings. The Morgan fingerprint density at radius 2 is 0.885 bits per heavy atom. The molecule has 0 atom stereocenters. The number of carbonyl (C=O) groups excluding carboxylic acids is 2. The van der Waals surface area contributed by atoms with Gasteiger partial charge in [-0.3, -0.25) is 19.7 Å². The van der Waals surface area contributed by atoms with Crippen LogP contribution in [0.2, 0.25) is 0 Å². The standard InChI is InChI=1S/C26H34N6O3.C25H31N7O4.C25H28N4O4/c1-2-33-12-7-19-17-29-26(30-18-19)31-20-3-5-22(6-4-20)35-24-16-21(32-10-13-34-14-11-32)15-23-25(24)28-9-8-27-23;33-10-7-28-24(34)17-15-29-25(30-16-17)31-18-1-3-20(4-2-18)36-22-14-19(32-8-11-35-12-9-32)13-21-23(22)27-6-5-26-21;30-25(33-20-4-2-1-3-5-20)28-18-6-8-21(9-7-18)32-23-17-19(29-12-14-31-15-13-29)16-22-24(23)27-11-10-26-22/h8-9,15-18,20,22H,2-7,10-14H2,1H3,(H,29,30,31);5-6,13-16,18,20,33H,1-4,7-12H2,(H,28,34)(H,29,30,31);1-5,10-11,16-18,21H,6-9,12-15H2,(H,28,30). The molecule has 104 heavy (non-hydrogen) atoms. The molecule has 5 aromatic heterocycles. The molecule has 3 saturated carbocycles. The molecule has 0 bridgehead atoms. The van der Waals surface area contributed by atoms with Gasteiger partial charge in [-0.05, 0) is 126 Å². The summed E-state index contributed by atoms with van der Waals surface area (Å²) in [6.45, 7) is 13.0. The molecule has 8 heterocycles. The molecule has 548 valence electrons. The third kappa shape index (κ3) is 20.2. The molecule has 15 rings (SSSR count). The molecule has 3 aliphatic carbocycles. The highest BCUT2D eigenvalue weighted by Gasteiger charge is 2.29. The van der Waals surface area contributed by atoms with Gasteiger partial charge in [0.25, 0.3) is 5.91 Å². The quantitative estimate of drug-likeness (QED) is 0.0394. The number of benzene rings is 4. The highest BCUT2D eigenvalue weighted by Crippen LogP contribution is 2.37. The van der Waals surface area contributed by atoms with Crippen LogP contribution < -0.4 is 54.9 Å². The number of hydrogen-bond donors (Lipinski definition) is 5.